The van der Waals surface area contributed by atoms with E-state index in [0.29, 0.717) is 24.5 Å². The summed E-state index contributed by atoms with van der Waals surface area (Å²) >= 11 is 0. The molecule has 2 aliphatic heterocycles. The maximum Gasteiger partial charge on any atom is 0.290 e. The highest BCUT2D eigenvalue weighted by Gasteiger charge is 2.51. The van der Waals surface area contributed by atoms with Gasteiger partial charge in [0.1, 0.15) is 18.5 Å². The van der Waals surface area contributed by atoms with Crippen LogP contribution in [0.2, 0.25) is 0 Å². The van der Waals surface area contributed by atoms with Crippen LogP contribution in [0.1, 0.15) is 43.7 Å². The lowest BCUT2D eigenvalue weighted by molar-refractivity contribution is -0.135. The van der Waals surface area contributed by atoms with E-state index >= 15 is 0 Å². The first kappa shape index (κ1) is 21.6. The molecule has 0 N–H and O–H groups in total. The van der Waals surface area contributed by atoms with Crippen LogP contribution < -0.4 is 4.74 Å². The average molecular weight is 425 g/mol. The number of hydrogen-bond acceptors (Lipinski definition) is 5. The Morgan fingerprint density at radius 1 is 1.26 bits per heavy atom. The minimum atomic E-state index is -0.424. The first-order valence-corrected chi connectivity index (χ1v) is 11.3. The van der Waals surface area contributed by atoms with Gasteiger partial charge in [-0.3, -0.25) is 9.59 Å². The minimum absolute atomic E-state index is 0.0943. The molecule has 6 nitrogen and oxygen atoms in total. The van der Waals surface area contributed by atoms with Crippen LogP contribution in [0.4, 0.5) is 0 Å². The lowest BCUT2D eigenvalue weighted by Gasteiger charge is -2.35. The number of hydrogen-bond donors (Lipinski definition) is 0. The van der Waals surface area contributed by atoms with Crippen LogP contribution in [0, 0.1) is 5.92 Å². The van der Waals surface area contributed by atoms with Crippen LogP contribution in [0.3, 0.4) is 0 Å². The molecule has 0 saturated heterocycles. The molecule has 31 heavy (non-hydrogen) atoms. The maximum absolute atomic E-state index is 13.6. The minimum Gasteiger partial charge on any atom is -0.490 e. The predicted molar refractivity (Wildman–Crippen MR) is 119 cm³/mol. The zero-order valence-corrected chi connectivity index (χ0v) is 18.5. The van der Waals surface area contributed by atoms with E-state index in [1.54, 1.807) is 6.08 Å². The van der Waals surface area contributed by atoms with Gasteiger partial charge in [-0.25, -0.2) is 0 Å². The molecule has 0 aromatic heterocycles. The van der Waals surface area contributed by atoms with Gasteiger partial charge < -0.3 is 19.3 Å². The summed E-state index contributed by atoms with van der Waals surface area (Å²) in [7, 11) is 4.04. The van der Waals surface area contributed by atoms with Gasteiger partial charge in [-0.2, -0.15) is 0 Å². The zero-order chi connectivity index (χ0) is 22.0. The van der Waals surface area contributed by atoms with Gasteiger partial charge in [-0.15, -0.1) is 0 Å². The second kappa shape index (κ2) is 9.27. The maximum atomic E-state index is 13.6. The number of fused-ring (bicyclic) bond motifs is 1. The second-order valence-electron chi connectivity index (χ2n) is 8.88. The molecular weight excluding hydrogens is 392 g/mol. The number of nitrogens with zero attached hydrogens (tertiary/aromatic N) is 2. The summed E-state index contributed by atoms with van der Waals surface area (Å²) in [6, 6.07) is 7.26. The summed E-state index contributed by atoms with van der Waals surface area (Å²) in [4.78, 5) is 30.9. The Morgan fingerprint density at radius 2 is 2.06 bits per heavy atom. The number of Topliss-reactive ketones (excluding diaryl/α,β-unsaturated/α-hetero) is 1. The Morgan fingerprint density at radius 3 is 2.84 bits per heavy atom. The van der Waals surface area contributed by atoms with E-state index in [1.807, 2.05) is 43.3 Å². The number of rotatable bonds is 8. The zero-order valence-electron chi connectivity index (χ0n) is 18.5. The average Bonchev–Trinajstić information content (AvgIpc) is 3.04. The third-order valence-electron chi connectivity index (χ3n) is 6.40. The van der Waals surface area contributed by atoms with E-state index in [-0.39, 0.29) is 29.5 Å². The van der Waals surface area contributed by atoms with Crippen molar-refractivity contribution in [1.82, 2.24) is 9.80 Å². The molecule has 6 heteroatoms. The van der Waals surface area contributed by atoms with Gasteiger partial charge in [0.25, 0.3) is 5.91 Å². The Hall–Kier alpha value is -2.60. The molecule has 1 aliphatic carbocycles. The summed E-state index contributed by atoms with van der Waals surface area (Å²) in [6.45, 7) is 5.53. The molecule has 3 unspecified atom stereocenters. The SMILES string of the molecule is C=CCOc1cccc(C2C3=C(OC4CCCCC4C3=O)C(=O)N2CCCN(C)C)c1. The third-order valence-corrected chi connectivity index (χ3v) is 6.40. The molecule has 0 radical (unpaired) electrons. The smallest absolute Gasteiger partial charge is 0.290 e. The molecular formula is C25H32N2O4. The van der Waals surface area contributed by atoms with E-state index in [0.717, 1.165) is 44.2 Å². The highest BCUT2D eigenvalue weighted by atomic mass is 16.5. The van der Waals surface area contributed by atoms with E-state index < -0.39 is 6.04 Å². The third kappa shape index (κ3) is 4.26. The lowest BCUT2D eigenvalue weighted by atomic mass is 9.77. The fraction of sp³-hybridized carbons (Fsp3) is 0.520. The summed E-state index contributed by atoms with van der Waals surface area (Å²) in [5.74, 6) is 0.780. The van der Waals surface area contributed by atoms with Crippen molar-refractivity contribution in [3.8, 4) is 5.75 Å². The number of ether oxygens (including phenoxy) is 2. The van der Waals surface area contributed by atoms with Crippen molar-refractivity contribution in [2.75, 3.05) is 33.8 Å². The van der Waals surface area contributed by atoms with Crippen molar-refractivity contribution in [3.63, 3.8) is 0 Å². The van der Waals surface area contributed by atoms with Crippen LogP contribution in [0.15, 0.2) is 48.3 Å². The van der Waals surface area contributed by atoms with Crippen LogP contribution in [0.25, 0.3) is 0 Å². The standard InChI is InChI=1S/C25H32N2O4/c1-4-15-30-18-10-7-9-17(16-18)22-21-23(28)19-11-5-6-12-20(19)31-24(21)25(29)27(22)14-8-13-26(2)3/h4,7,9-10,16,19-20,22H,1,5-6,8,11-15H2,2-3H3. The fourth-order valence-corrected chi connectivity index (χ4v) is 4.96. The Bertz CT molecular complexity index is 891. The van der Waals surface area contributed by atoms with Crippen LogP contribution >= 0.6 is 0 Å². The van der Waals surface area contributed by atoms with Crippen LogP contribution in [0.5, 0.6) is 5.75 Å². The lowest BCUT2D eigenvalue weighted by Crippen LogP contribution is -2.39. The Labute approximate surface area is 184 Å². The molecule has 1 amide bonds. The predicted octanol–water partition coefficient (Wildman–Crippen LogP) is 3.50. The topological polar surface area (TPSA) is 59.1 Å². The van der Waals surface area contributed by atoms with Crippen molar-refractivity contribution >= 4 is 11.7 Å². The fourth-order valence-electron chi connectivity index (χ4n) is 4.96. The summed E-state index contributed by atoms with van der Waals surface area (Å²) in [6.07, 6.45) is 6.12. The highest BCUT2D eigenvalue weighted by Crippen LogP contribution is 2.47. The summed E-state index contributed by atoms with van der Waals surface area (Å²) in [5, 5.41) is 0. The van der Waals surface area contributed by atoms with Crippen molar-refractivity contribution in [3.05, 3.63) is 53.8 Å². The van der Waals surface area contributed by atoms with Gasteiger partial charge in [0.05, 0.1) is 17.5 Å². The van der Waals surface area contributed by atoms with Gasteiger partial charge >= 0.3 is 0 Å². The van der Waals surface area contributed by atoms with Crippen molar-refractivity contribution < 1.29 is 19.1 Å². The molecule has 166 valence electrons. The first-order chi connectivity index (χ1) is 15.0. The van der Waals surface area contributed by atoms with Gasteiger partial charge in [0.2, 0.25) is 0 Å². The molecule has 0 bridgehead atoms. The molecule has 3 aliphatic rings. The van der Waals surface area contributed by atoms with E-state index in [4.69, 9.17) is 9.47 Å². The number of carbonyl (C=O) groups excluding carboxylic acids is 2. The molecule has 1 aromatic rings. The molecule has 0 spiro atoms. The molecule has 1 aromatic carbocycles. The van der Waals surface area contributed by atoms with Gasteiger partial charge in [0.15, 0.2) is 11.5 Å². The summed E-state index contributed by atoms with van der Waals surface area (Å²) in [5.41, 5.74) is 1.43. The van der Waals surface area contributed by atoms with Crippen LogP contribution in [-0.2, 0) is 14.3 Å². The van der Waals surface area contributed by atoms with E-state index in [9.17, 15) is 9.59 Å². The van der Waals surface area contributed by atoms with Crippen molar-refractivity contribution in [1.29, 1.82) is 0 Å². The van der Waals surface area contributed by atoms with Crippen LogP contribution in [-0.4, -0.2) is 61.4 Å². The molecule has 4 rings (SSSR count). The van der Waals surface area contributed by atoms with E-state index in [2.05, 4.69) is 11.5 Å². The largest absolute Gasteiger partial charge is 0.490 e. The number of ketones is 1. The van der Waals surface area contributed by atoms with Crippen molar-refractivity contribution in [2.24, 2.45) is 5.92 Å². The highest BCUT2D eigenvalue weighted by molar-refractivity contribution is 6.11. The number of benzene rings is 1. The monoisotopic (exact) mass is 424 g/mol. The van der Waals surface area contributed by atoms with Crippen molar-refractivity contribution in [2.45, 2.75) is 44.2 Å². The van der Waals surface area contributed by atoms with E-state index in [1.165, 1.54) is 0 Å². The summed E-state index contributed by atoms with van der Waals surface area (Å²) < 4.78 is 11.9. The Balaban J connectivity index is 1.70. The van der Waals surface area contributed by atoms with Gasteiger partial charge in [-0.05, 0) is 64.0 Å². The Kier molecular flexibility index (Phi) is 6.46. The van der Waals surface area contributed by atoms with Gasteiger partial charge in [0, 0.05) is 6.54 Å². The molecule has 3 atom stereocenters. The number of carbonyl (C=O) groups is 2. The molecule has 1 fully saturated rings. The number of amides is 1. The van der Waals surface area contributed by atoms with Gasteiger partial charge in [-0.1, -0.05) is 31.2 Å². The second-order valence-corrected chi connectivity index (χ2v) is 8.88. The molecule has 2 heterocycles. The first-order valence-electron chi connectivity index (χ1n) is 11.3. The normalized spacial score (nSPS) is 25.4. The molecule has 1 saturated carbocycles. The quantitative estimate of drug-likeness (QED) is 0.598.